The second-order valence-electron chi connectivity index (χ2n) is 4.19. The summed E-state index contributed by atoms with van der Waals surface area (Å²) < 4.78 is 5.36. The van der Waals surface area contributed by atoms with Gasteiger partial charge in [-0.25, -0.2) is 4.79 Å². The number of amides is 1. The number of carbonyl (C=O) groups is 1. The van der Waals surface area contributed by atoms with Gasteiger partial charge in [-0.05, 0) is 6.07 Å². The minimum Gasteiger partial charge on any atom is -0.435 e. The van der Waals surface area contributed by atoms with Gasteiger partial charge in [0.05, 0.1) is 6.54 Å². The molecule has 1 aromatic carbocycles. The molecule has 1 aromatic heterocycles. The van der Waals surface area contributed by atoms with E-state index in [-0.39, 0.29) is 6.54 Å². The third-order valence-corrected chi connectivity index (χ3v) is 3.22. The first-order valence-electron chi connectivity index (χ1n) is 5.49. The Bertz CT molecular complexity index is 578. The summed E-state index contributed by atoms with van der Waals surface area (Å²) in [6, 6.07) is 7.88. The first-order chi connectivity index (χ1) is 8.25. The Morgan fingerprint density at radius 1 is 1.41 bits per heavy atom. The maximum absolute atomic E-state index is 11.2. The molecule has 2 heterocycles. The Balaban J connectivity index is 2.16. The summed E-state index contributed by atoms with van der Waals surface area (Å²) in [5.41, 5.74) is 6.97. The van der Waals surface area contributed by atoms with Gasteiger partial charge in [0, 0.05) is 29.2 Å². The number of nitrogens with two attached hydrogens (primary N) is 1. The molecule has 0 saturated carbocycles. The number of hydrogen-bond donors (Lipinski definition) is 3. The van der Waals surface area contributed by atoms with Crippen molar-refractivity contribution in [3.05, 3.63) is 36.0 Å². The number of ether oxygens (including phenoxy) is 1. The number of H-pyrrole nitrogens is 1. The molecule has 1 atom stereocenters. The van der Waals surface area contributed by atoms with Crippen molar-refractivity contribution in [2.75, 3.05) is 13.1 Å². The number of para-hydroxylation sites is 1. The van der Waals surface area contributed by atoms with Crippen molar-refractivity contribution < 1.29 is 9.53 Å². The van der Waals surface area contributed by atoms with Gasteiger partial charge in [-0.1, -0.05) is 18.2 Å². The van der Waals surface area contributed by atoms with Crippen LogP contribution in [0.15, 0.2) is 30.5 Å². The van der Waals surface area contributed by atoms with Crippen molar-refractivity contribution in [3.63, 3.8) is 0 Å². The number of cyclic esters (lactones) is 1. The summed E-state index contributed by atoms with van der Waals surface area (Å²) in [4.78, 5) is 14.4. The first kappa shape index (κ1) is 10.2. The van der Waals surface area contributed by atoms with E-state index in [9.17, 15) is 4.79 Å². The number of hydrogen-bond acceptors (Lipinski definition) is 3. The van der Waals surface area contributed by atoms with Gasteiger partial charge in [-0.15, -0.1) is 0 Å². The second-order valence-corrected chi connectivity index (χ2v) is 4.19. The molecule has 1 unspecified atom stereocenters. The van der Waals surface area contributed by atoms with Gasteiger partial charge in [-0.2, -0.15) is 0 Å². The fraction of sp³-hybridized carbons (Fsp3) is 0.250. The van der Waals surface area contributed by atoms with Crippen LogP contribution in [0.2, 0.25) is 0 Å². The van der Waals surface area contributed by atoms with E-state index in [4.69, 9.17) is 10.5 Å². The van der Waals surface area contributed by atoms with Gasteiger partial charge >= 0.3 is 6.09 Å². The minimum atomic E-state index is -0.753. The topological polar surface area (TPSA) is 80.1 Å². The van der Waals surface area contributed by atoms with Crippen molar-refractivity contribution in [3.8, 4) is 0 Å². The molecular weight excluding hydrogens is 218 g/mol. The molecule has 0 aliphatic carbocycles. The molecule has 5 heteroatoms. The maximum atomic E-state index is 11.2. The highest BCUT2D eigenvalue weighted by Crippen LogP contribution is 2.33. The van der Waals surface area contributed by atoms with Gasteiger partial charge in [0.25, 0.3) is 0 Å². The Labute approximate surface area is 97.9 Å². The van der Waals surface area contributed by atoms with Gasteiger partial charge in [0.15, 0.2) is 5.60 Å². The molecule has 2 aromatic rings. The van der Waals surface area contributed by atoms with Gasteiger partial charge in [-0.3, -0.25) is 0 Å². The molecule has 1 amide bonds. The van der Waals surface area contributed by atoms with Crippen LogP contribution in [0.4, 0.5) is 4.79 Å². The van der Waals surface area contributed by atoms with E-state index in [0.29, 0.717) is 6.54 Å². The lowest BCUT2D eigenvalue weighted by atomic mass is 9.94. The summed E-state index contributed by atoms with van der Waals surface area (Å²) >= 11 is 0. The molecule has 3 rings (SSSR count). The summed E-state index contributed by atoms with van der Waals surface area (Å²) in [7, 11) is 0. The van der Waals surface area contributed by atoms with Gasteiger partial charge in [0.2, 0.25) is 0 Å². The molecule has 1 fully saturated rings. The lowest BCUT2D eigenvalue weighted by Gasteiger charge is -2.24. The summed E-state index contributed by atoms with van der Waals surface area (Å²) in [6.45, 7) is 0.664. The van der Waals surface area contributed by atoms with E-state index in [1.165, 1.54) is 0 Å². The maximum Gasteiger partial charge on any atom is 0.408 e. The van der Waals surface area contributed by atoms with Crippen LogP contribution in [0.5, 0.6) is 0 Å². The molecule has 5 nitrogen and oxygen atoms in total. The summed E-state index contributed by atoms with van der Waals surface area (Å²) in [5.74, 6) is 0. The fourth-order valence-corrected chi connectivity index (χ4v) is 2.29. The summed E-state index contributed by atoms with van der Waals surface area (Å²) in [6.07, 6.45) is 1.44. The zero-order valence-electron chi connectivity index (χ0n) is 9.19. The van der Waals surface area contributed by atoms with E-state index < -0.39 is 11.7 Å². The van der Waals surface area contributed by atoms with E-state index in [1.807, 2.05) is 30.5 Å². The van der Waals surface area contributed by atoms with Crippen LogP contribution in [0.25, 0.3) is 10.9 Å². The van der Waals surface area contributed by atoms with Crippen LogP contribution >= 0.6 is 0 Å². The third-order valence-electron chi connectivity index (χ3n) is 3.22. The smallest absolute Gasteiger partial charge is 0.408 e. The number of benzene rings is 1. The highest BCUT2D eigenvalue weighted by molar-refractivity contribution is 5.85. The monoisotopic (exact) mass is 231 g/mol. The molecule has 1 saturated heterocycles. The van der Waals surface area contributed by atoms with Crippen LogP contribution in [-0.2, 0) is 10.3 Å². The summed E-state index contributed by atoms with van der Waals surface area (Å²) in [5, 5.41) is 3.70. The molecule has 17 heavy (non-hydrogen) atoms. The van der Waals surface area contributed by atoms with Crippen LogP contribution in [-0.4, -0.2) is 24.2 Å². The SMILES string of the molecule is NCC1(c2c[nH]c3ccccc23)CNC(=O)O1. The number of rotatable bonds is 2. The van der Waals surface area contributed by atoms with Crippen molar-refractivity contribution >= 4 is 17.0 Å². The van der Waals surface area contributed by atoms with E-state index >= 15 is 0 Å². The Hall–Kier alpha value is -2.01. The van der Waals surface area contributed by atoms with Gasteiger partial charge < -0.3 is 20.8 Å². The molecule has 1 aliphatic heterocycles. The first-order valence-corrected chi connectivity index (χ1v) is 5.49. The number of nitrogens with one attached hydrogen (secondary N) is 2. The van der Waals surface area contributed by atoms with Crippen molar-refractivity contribution in [2.24, 2.45) is 5.73 Å². The van der Waals surface area contributed by atoms with Crippen molar-refractivity contribution in [1.29, 1.82) is 0 Å². The highest BCUT2D eigenvalue weighted by Gasteiger charge is 2.42. The third kappa shape index (κ3) is 1.39. The van der Waals surface area contributed by atoms with Crippen molar-refractivity contribution in [2.45, 2.75) is 5.60 Å². The molecule has 88 valence electrons. The normalized spacial score (nSPS) is 23.7. The number of carbonyl (C=O) groups excluding carboxylic acids is 1. The molecule has 4 N–H and O–H groups in total. The zero-order chi connectivity index (χ0) is 11.9. The Kier molecular flexibility index (Phi) is 2.09. The predicted octanol–water partition coefficient (Wildman–Crippen LogP) is 1.06. The van der Waals surface area contributed by atoms with Crippen LogP contribution in [0.3, 0.4) is 0 Å². The Morgan fingerprint density at radius 2 is 2.24 bits per heavy atom. The van der Waals surface area contributed by atoms with E-state index in [2.05, 4.69) is 10.3 Å². The quantitative estimate of drug-likeness (QED) is 0.723. The Morgan fingerprint density at radius 3 is 2.94 bits per heavy atom. The van der Waals surface area contributed by atoms with Crippen molar-refractivity contribution in [1.82, 2.24) is 10.3 Å². The van der Waals surface area contributed by atoms with Crippen LogP contribution in [0.1, 0.15) is 5.56 Å². The second kappa shape index (κ2) is 3.49. The number of alkyl carbamates (subject to hydrolysis) is 1. The molecule has 1 aliphatic rings. The highest BCUT2D eigenvalue weighted by atomic mass is 16.6. The average molecular weight is 231 g/mol. The standard InChI is InChI=1S/C12H13N3O2/c13-6-12(7-15-11(16)17-12)9-5-14-10-4-2-1-3-8(9)10/h1-5,14H,6-7,13H2,(H,15,16). The molecule has 0 spiro atoms. The lowest BCUT2D eigenvalue weighted by molar-refractivity contribution is 0.0629. The number of aromatic amines is 1. The number of aromatic nitrogens is 1. The fourth-order valence-electron chi connectivity index (χ4n) is 2.29. The number of fused-ring (bicyclic) bond motifs is 1. The van der Waals surface area contributed by atoms with Crippen LogP contribution < -0.4 is 11.1 Å². The van der Waals surface area contributed by atoms with E-state index in [1.54, 1.807) is 0 Å². The van der Waals surface area contributed by atoms with Gasteiger partial charge in [0.1, 0.15) is 0 Å². The van der Waals surface area contributed by atoms with Crippen LogP contribution in [0, 0.1) is 0 Å². The largest absolute Gasteiger partial charge is 0.435 e. The zero-order valence-corrected chi connectivity index (χ0v) is 9.19. The molecule has 0 bridgehead atoms. The minimum absolute atomic E-state index is 0.258. The average Bonchev–Trinajstić information content (AvgIpc) is 2.93. The lowest BCUT2D eigenvalue weighted by Crippen LogP contribution is -2.38. The van der Waals surface area contributed by atoms with E-state index in [0.717, 1.165) is 16.5 Å². The molecular formula is C12H13N3O2. The predicted molar refractivity (Wildman–Crippen MR) is 63.5 cm³/mol. The molecule has 0 radical (unpaired) electrons.